The number of rotatable bonds is 3. The summed E-state index contributed by atoms with van der Waals surface area (Å²) in [4.78, 5) is 9.00. The van der Waals surface area contributed by atoms with E-state index in [1.54, 1.807) is 13.0 Å². The molecule has 0 bridgehead atoms. The Morgan fingerprint density at radius 1 is 1.00 bits per heavy atom. The highest BCUT2D eigenvalue weighted by molar-refractivity contribution is 6.08. The maximum Gasteiger partial charge on any atom is 0.227 e. The molecule has 3 heteroatoms. The summed E-state index contributed by atoms with van der Waals surface area (Å²) < 4.78 is 39.4. The lowest BCUT2D eigenvalue weighted by Crippen LogP contribution is -2.00. The highest BCUT2D eigenvalue weighted by Gasteiger charge is 2.17. The molecule has 0 saturated heterocycles. The second kappa shape index (κ2) is 6.85. The van der Waals surface area contributed by atoms with Gasteiger partial charge in [0.25, 0.3) is 0 Å². The third-order valence-electron chi connectivity index (χ3n) is 5.29. The molecule has 3 aromatic heterocycles. The van der Waals surface area contributed by atoms with Crippen molar-refractivity contribution in [2.24, 2.45) is 0 Å². The van der Waals surface area contributed by atoms with E-state index in [1.165, 1.54) is 6.20 Å². The Bertz CT molecular complexity index is 1490. The van der Waals surface area contributed by atoms with Crippen LogP contribution in [0.4, 0.5) is 0 Å². The van der Waals surface area contributed by atoms with Crippen LogP contribution in [0.1, 0.15) is 40.7 Å². The van der Waals surface area contributed by atoms with E-state index < -0.39 is 12.7 Å². The summed E-state index contributed by atoms with van der Waals surface area (Å²) in [5.74, 6) is -1.29. The smallest absolute Gasteiger partial charge is 0.227 e. The predicted octanol–water partition coefficient (Wildman–Crippen LogP) is 6.81. The molecule has 0 aliphatic carbocycles. The maximum atomic E-state index is 9.15. The van der Waals surface area contributed by atoms with Crippen LogP contribution >= 0.6 is 0 Å². The van der Waals surface area contributed by atoms with Crippen molar-refractivity contribution in [2.45, 2.75) is 26.6 Å². The second-order valence-electron chi connectivity index (χ2n) is 7.20. The molecule has 0 N–H and O–H groups in total. The largest absolute Gasteiger partial charge is 0.437 e. The molecular weight excluding hydrogens is 356 g/mol. The summed E-state index contributed by atoms with van der Waals surface area (Å²) in [6, 6.07) is 20.7. The molecule has 0 fully saturated rings. The van der Waals surface area contributed by atoms with Gasteiger partial charge in [-0.3, -0.25) is 4.98 Å². The summed E-state index contributed by atoms with van der Waals surface area (Å²) in [6.07, 6.45) is 1.37. The minimum absolute atomic E-state index is 0.0710. The Morgan fingerprint density at radius 3 is 2.69 bits per heavy atom. The van der Waals surface area contributed by atoms with Crippen molar-refractivity contribution in [3.8, 4) is 11.3 Å². The van der Waals surface area contributed by atoms with E-state index in [1.807, 2.05) is 67.6 Å². The van der Waals surface area contributed by atoms with Crippen LogP contribution in [0.2, 0.25) is 0 Å². The molecule has 142 valence electrons. The molecule has 3 heterocycles. The van der Waals surface area contributed by atoms with Gasteiger partial charge in [0.1, 0.15) is 5.58 Å². The van der Waals surface area contributed by atoms with E-state index in [-0.39, 0.29) is 5.56 Å². The quantitative estimate of drug-likeness (QED) is 0.344. The monoisotopic (exact) mass is 382 g/mol. The molecule has 0 aliphatic heterocycles. The molecule has 0 saturated carbocycles. The van der Waals surface area contributed by atoms with E-state index >= 15 is 0 Å². The molecule has 0 aliphatic rings. The zero-order chi connectivity index (χ0) is 23.4. The normalized spacial score (nSPS) is 16.1. The summed E-state index contributed by atoms with van der Waals surface area (Å²) >= 11 is 0. The Labute approximate surface area is 175 Å². The molecule has 5 aromatic rings. The molecular formula is C26H22N2O. The molecule has 0 spiro atoms. The van der Waals surface area contributed by atoms with Crippen molar-refractivity contribution in [2.75, 3.05) is 0 Å². The van der Waals surface area contributed by atoms with E-state index in [2.05, 4.69) is 9.97 Å². The van der Waals surface area contributed by atoms with Crippen LogP contribution in [0.5, 0.6) is 0 Å². The van der Waals surface area contributed by atoms with Crippen LogP contribution < -0.4 is 0 Å². The summed E-state index contributed by atoms with van der Waals surface area (Å²) in [6.45, 7) is 1.23. The average Bonchev–Trinajstić information content (AvgIpc) is 3.16. The van der Waals surface area contributed by atoms with Gasteiger partial charge in [0.05, 0.1) is 5.69 Å². The first-order valence-electron chi connectivity index (χ1n) is 11.5. The van der Waals surface area contributed by atoms with E-state index in [4.69, 9.17) is 9.90 Å². The Hall–Kier alpha value is -3.46. The second-order valence-corrected chi connectivity index (χ2v) is 7.20. The van der Waals surface area contributed by atoms with E-state index in [0.29, 0.717) is 28.1 Å². The Kier molecular flexibility index (Phi) is 3.23. The first-order chi connectivity index (χ1) is 15.7. The van der Waals surface area contributed by atoms with Crippen LogP contribution in [0.15, 0.2) is 77.3 Å². The van der Waals surface area contributed by atoms with Crippen LogP contribution in [0.25, 0.3) is 33.3 Å². The summed E-state index contributed by atoms with van der Waals surface area (Å²) in [7, 11) is 0. The van der Waals surface area contributed by atoms with Crippen LogP contribution in [0, 0.1) is 13.8 Å². The van der Waals surface area contributed by atoms with Crippen molar-refractivity contribution in [1.29, 1.82) is 0 Å². The van der Waals surface area contributed by atoms with Gasteiger partial charge in [0.15, 0.2) is 0 Å². The van der Waals surface area contributed by atoms with Crippen molar-refractivity contribution in [1.82, 2.24) is 9.97 Å². The number of para-hydroxylation sites is 1. The number of hydrogen-bond acceptors (Lipinski definition) is 3. The van der Waals surface area contributed by atoms with Gasteiger partial charge < -0.3 is 4.42 Å². The maximum absolute atomic E-state index is 9.15. The third kappa shape index (κ3) is 2.99. The standard InChI is InChI=1S/C26H22N2O/c1-16-15-27-24(14-23(16)18(3)19-8-5-4-6-9-19)22-11-7-10-20-21-13-12-17(2)28-26(21)29-25(20)22/h4-15,18H,1-3H3/i1D3,18D. The summed E-state index contributed by atoms with van der Waals surface area (Å²) in [5, 5.41) is 1.82. The fourth-order valence-electron chi connectivity index (χ4n) is 3.73. The molecule has 1 unspecified atom stereocenters. The van der Waals surface area contributed by atoms with Crippen molar-refractivity contribution < 1.29 is 9.90 Å². The minimum atomic E-state index is -2.40. The predicted molar refractivity (Wildman–Crippen MR) is 118 cm³/mol. The van der Waals surface area contributed by atoms with Gasteiger partial charge in [-0.1, -0.05) is 49.4 Å². The van der Waals surface area contributed by atoms with Gasteiger partial charge in [0, 0.05) is 39.6 Å². The number of aryl methyl sites for hydroxylation is 2. The average molecular weight is 382 g/mol. The highest BCUT2D eigenvalue weighted by atomic mass is 16.3. The molecule has 3 nitrogen and oxygen atoms in total. The molecule has 29 heavy (non-hydrogen) atoms. The lowest BCUT2D eigenvalue weighted by molar-refractivity contribution is 0.653. The number of aromatic nitrogens is 2. The first-order valence-corrected chi connectivity index (χ1v) is 9.52. The Morgan fingerprint density at radius 2 is 1.86 bits per heavy atom. The molecule has 1 atom stereocenters. The lowest BCUT2D eigenvalue weighted by atomic mass is 9.90. The van der Waals surface area contributed by atoms with E-state index in [0.717, 1.165) is 22.0 Å². The number of benzene rings is 2. The first kappa shape index (κ1) is 13.7. The number of fused-ring (bicyclic) bond motifs is 3. The van der Waals surface area contributed by atoms with Crippen molar-refractivity contribution >= 4 is 22.1 Å². The van der Waals surface area contributed by atoms with Crippen LogP contribution in [-0.4, -0.2) is 9.97 Å². The van der Waals surface area contributed by atoms with Gasteiger partial charge >= 0.3 is 0 Å². The van der Waals surface area contributed by atoms with Crippen LogP contribution in [0.3, 0.4) is 0 Å². The van der Waals surface area contributed by atoms with Crippen molar-refractivity contribution in [3.63, 3.8) is 0 Å². The zero-order valence-electron chi connectivity index (χ0n) is 20.2. The Balaban J connectivity index is 1.76. The van der Waals surface area contributed by atoms with Gasteiger partial charge in [-0.2, -0.15) is 0 Å². The van der Waals surface area contributed by atoms with Crippen LogP contribution in [-0.2, 0) is 0 Å². The minimum Gasteiger partial charge on any atom is -0.437 e. The molecule has 0 amide bonds. The van der Waals surface area contributed by atoms with Gasteiger partial charge in [-0.05, 0) is 54.7 Å². The highest BCUT2D eigenvalue weighted by Crippen LogP contribution is 2.36. The molecule has 5 rings (SSSR count). The fourth-order valence-corrected chi connectivity index (χ4v) is 3.73. The third-order valence-corrected chi connectivity index (χ3v) is 5.29. The van der Waals surface area contributed by atoms with Gasteiger partial charge in [-0.25, -0.2) is 4.98 Å². The SMILES string of the molecule is [2H]C([2H])([2H])c1cnc(-c2cccc3c2oc2nc(C)ccc23)cc1C([2H])(C)c1ccccc1. The summed E-state index contributed by atoms with van der Waals surface area (Å²) in [5.41, 5.74) is 4.48. The zero-order valence-corrected chi connectivity index (χ0v) is 16.2. The van der Waals surface area contributed by atoms with Gasteiger partial charge in [0.2, 0.25) is 5.71 Å². The molecule has 0 radical (unpaired) electrons. The van der Waals surface area contributed by atoms with Gasteiger partial charge in [-0.15, -0.1) is 0 Å². The lowest BCUT2D eigenvalue weighted by Gasteiger charge is -2.16. The number of hydrogen-bond donors (Lipinski definition) is 0. The fraction of sp³-hybridized carbons (Fsp3) is 0.154. The number of furan rings is 1. The number of pyridine rings is 2. The van der Waals surface area contributed by atoms with E-state index in [9.17, 15) is 0 Å². The van der Waals surface area contributed by atoms with Crippen molar-refractivity contribution in [3.05, 3.63) is 95.3 Å². The molecule has 2 aromatic carbocycles. The number of nitrogens with zero attached hydrogens (tertiary/aromatic N) is 2. The topological polar surface area (TPSA) is 38.9 Å².